The SMILES string of the molecule is O=C(Nc1nc2c(Cl)cccc2s1)Nc1cc(C(F)(F)F)ccc1Cl. The molecule has 0 aliphatic rings. The molecule has 0 saturated heterocycles. The molecule has 0 bridgehead atoms. The number of carbonyl (C=O) groups is 1. The molecule has 10 heteroatoms. The molecule has 1 heterocycles. The van der Waals surface area contributed by atoms with Crippen LogP contribution in [0.3, 0.4) is 0 Å². The van der Waals surface area contributed by atoms with Gasteiger partial charge in [-0.2, -0.15) is 13.2 Å². The van der Waals surface area contributed by atoms with Crippen LogP contribution in [-0.4, -0.2) is 11.0 Å². The molecule has 2 amide bonds. The number of urea groups is 1. The largest absolute Gasteiger partial charge is 0.416 e. The van der Waals surface area contributed by atoms with Gasteiger partial charge >= 0.3 is 12.2 Å². The van der Waals surface area contributed by atoms with Gasteiger partial charge < -0.3 is 5.32 Å². The van der Waals surface area contributed by atoms with E-state index in [1.807, 2.05) is 0 Å². The molecular formula is C15H8Cl2F3N3OS. The third-order valence-electron chi connectivity index (χ3n) is 3.13. The Morgan fingerprint density at radius 1 is 1.08 bits per heavy atom. The minimum atomic E-state index is -4.54. The number of nitrogens with one attached hydrogen (secondary N) is 2. The molecule has 2 N–H and O–H groups in total. The van der Waals surface area contributed by atoms with Crippen LogP contribution in [0.1, 0.15) is 5.56 Å². The van der Waals surface area contributed by atoms with Crippen LogP contribution in [0.2, 0.25) is 10.0 Å². The van der Waals surface area contributed by atoms with Crippen LogP contribution in [-0.2, 0) is 6.18 Å². The minimum Gasteiger partial charge on any atom is -0.306 e. The quantitative estimate of drug-likeness (QED) is 0.527. The van der Waals surface area contributed by atoms with Gasteiger partial charge in [-0.15, -0.1) is 0 Å². The summed E-state index contributed by atoms with van der Waals surface area (Å²) in [6.45, 7) is 0. The Balaban J connectivity index is 1.79. The van der Waals surface area contributed by atoms with E-state index in [1.165, 1.54) is 11.3 Å². The van der Waals surface area contributed by atoms with Crippen molar-refractivity contribution in [2.75, 3.05) is 10.6 Å². The molecule has 0 radical (unpaired) electrons. The summed E-state index contributed by atoms with van der Waals surface area (Å²) in [6.07, 6.45) is -4.54. The first kappa shape index (κ1) is 17.8. The van der Waals surface area contributed by atoms with Crippen molar-refractivity contribution in [2.24, 2.45) is 0 Å². The summed E-state index contributed by atoms with van der Waals surface area (Å²) >= 11 is 13.0. The fourth-order valence-electron chi connectivity index (χ4n) is 2.02. The Morgan fingerprint density at radius 3 is 2.52 bits per heavy atom. The molecule has 0 aliphatic heterocycles. The molecule has 0 fully saturated rings. The third-order valence-corrected chi connectivity index (χ3v) is 4.70. The number of aromatic nitrogens is 1. The van der Waals surface area contributed by atoms with Gasteiger partial charge in [0.25, 0.3) is 0 Å². The second kappa shape index (κ2) is 6.70. The highest BCUT2D eigenvalue weighted by molar-refractivity contribution is 7.22. The highest BCUT2D eigenvalue weighted by atomic mass is 35.5. The molecule has 3 aromatic rings. The molecule has 0 atom stereocenters. The Bertz CT molecular complexity index is 959. The number of anilines is 2. The average Bonchev–Trinajstić information content (AvgIpc) is 2.92. The van der Waals surface area contributed by atoms with Crippen molar-refractivity contribution in [3.63, 3.8) is 0 Å². The fourth-order valence-corrected chi connectivity index (χ4v) is 3.34. The smallest absolute Gasteiger partial charge is 0.306 e. The number of fused-ring (bicyclic) bond motifs is 1. The highest BCUT2D eigenvalue weighted by Crippen LogP contribution is 2.34. The zero-order valence-corrected chi connectivity index (χ0v) is 14.4. The second-order valence-electron chi connectivity index (χ2n) is 4.88. The summed E-state index contributed by atoms with van der Waals surface area (Å²) in [5.41, 5.74) is -0.548. The number of rotatable bonds is 2. The molecule has 3 rings (SSSR count). The first-order chi connectivity index (χ1) is 11.7. The highest BCUT2D eigenvalue weighted by Gasteiger charge is 2.31. The lowest BCUT2D eigenvalue weighted by atomic mass is 10.2. The standard InChI is InChI=1S/C15H8Cl2F3N3OS/c16-8-5-4-7(15(18,19)20)6-10(8)21-13(24)23-14-22-12-9(17)2-1-3-11(12)25-14/h1-6H,(H2,21,22,23,24). The molecule has 0 spiro atoms. The van der Waals surface area contributed by atoms with E-state index in [1.54, 1.807) is 18.2 Å². The van der Waals surface area contributed by atoms with Gasteiger partial charge in [0.2, 0.25) is 0 Å². The van der Waals surface area contributed by atoms with E-state index in [0.717, 1.165) is 22.9 Å². The van der Waals surface area contributed by atoms with Crippen LogP contribution in [0.15, 0.2) is 36.4 Å². The Labute approximate surface area is 153 Å². The fraction of sp³-hybridized carbons (Fsp3) is 0.0667. The number of hydrogen-bond donors (Lipinski definition) is 2. The van der Waals surface area contributed by atoms with E-state index in [4.69, 9.17) is 23.2 Å². The summed E-state index contributed by atoms with van der Waals surface area (Å²) in [4.78, 5) is 16.2. The van der Waals surface area contributed by atoms with Gasteiger partial charge in [-0.05, 0) is 30.3 Å². The van der Waals surface area contributed by atoms with Crippen LogP contribution in [0.5, 0.6) is 0 Å². The molecule has 1 aromatic heterocycles. The first-order valence-electron chi connectivity index (χ1n) is 6.74. The van der Waals surface area contributed by atoms with Gasteiger partial charge in [-0.1, -0.05) is 40.6 Å². The van der Waals surface area contributed by atoms with Crippen LogP contribution >= 0.6 is 34.5 Å². The molecule has 2 aromatic carbocycles. The van der Waals surface area contributed by atoms with Gasteiger partial charge in [0.15, 0.2) is 5.13 Å². The Kier molecular flexibility index (Phi) is 4.77. The van der Waals surface area contributed by atoms with Crippen molar-refractivity contribution in [3.8, 4) is 0 Å². The Morgan fingerprint density at radius 2 is 1.84 bits per heavy atom. The molecule has 0 unspecified atom stereocenters. The van der Waals surface area contributed by atoms with Crippen molar-refractivity contribution in [3.05, 3.63) is 52.0 Å². The number of amides is 2. The van der Waals surface area contributed by atoms with Gasteiger partial charge in [0, 0.05) is 0 Å². The van der Waals surface area contributed by atoms with Gasteiger partial charge in [0.1, 0.15) is 5.52 Å². The lowest BCUT2D eigenvalue weighted by Crippen LogP contribution is -2.20. The topological polar surface area (TPSA) is 54.0 Å². The number of thiazole rings is 1. The van der Waals surface area contributed by atoms with Crippen molar-refractivity contribution >= 4 is 61.6 Å². The predicted molar refractivity (Wildman–Crippen MR) is 93.7 cm³/mol. The zero-order valence-electron chi connectivity index (χ0n) is 12.1. The number of para-hydroxylation sites is 1. The van der Waals surface area contributed by atoms with E-state index < -0.39 is 17.8 Å². The van der Waals surface area contributed by atoms with E-state index in [0.29, 0.717) is 10.5 Å². The van der Waals surface area contributed by atoms with Crippen LogP contribution in [0, 0.1) is 0 Å². The summed E-state index contributed by atoms with van der Waals surface area (Å²) in [5, 5.41) is 5.40. The maximum absolute atomic E-state index is 12.7. The van der Waals surface area contributed by atoms with Crippen LogP contribution in [0.25, 0.3) is 10.2 Å². The molecular weight excluding hydrogens is 398 g/mol. The van der Waals surface area contributed by atoms with Crippen molar-refractivity contribution in [2.45, 2.75) is 6.18 Å². The number of alkyl halides is 3. The third kappa shape index (κ3) is 3.97. The number of halogens is 5. The normalized spacial score (nSPS) is 11.6. The number of nitrogens with zero attached hydrogens (tertiary/aromatic N) is 1. The van der Waals surface area contributed by atoms with Crippen molar-refractivity contribution in [1.29, 1.82) is 0 Å². The predicted octanol–water partition coefficient (Wildman–Crippen LogP) is 6.27. The average molecular weight is 406 g/mol. The number of hydrogen-bond acceptors (Lipinski definition) is 3. The summed E-state index contributed by atoms with van der Waals surface area (Å²) in [7, 11) is 0. The van der Waals surface area contributed by atoms with Crippen LogP contribution < -0.4 is 10.6 Å². The lowest BCUT2D eigenvalue weighted by molar-refractivity contribution is -0.137. The zero-order chi connectivity index (χ0) is 18.2. The molecule has 0 aliphatic carbocycles. The number of benzene rings is 2. The summed E-state index contributed by atoms with van der Waals surface area (Å²) < 4.78 is 39.0. The maximum atomic E-state index is 12.7. The lowest BCUT2D eigenvalue weighted by Gasteiger charge is -2.11. The van der Waals surface area contributed by atoms with E-state index in [9.17, 15) is 18.0 Å². The van der Waals surface area contributed by atoms with Gasteiger partial charge in [0.05, 0.1) is 26.0 Å². The van der Waals surface area contributed by atoms with Crippen LogP contribution in [0.4, 0.5) is 28.8 Å². The first-order valence-corrected chi connectivity index (χ1v) is 8.31. The van der Waals surface area contributed by atoms with E-state index in [-0.39, 0.29) is 15.8 Å². The number of carbonyl (C=O) groups excluding carboxylic acids is 1. The second-order valence-corrected chi connectivity index (χ2v) is 6.72. The Hall–Kier alpha value is -2.03. The maximum Gasteiger partial charge on any atom is 0.416 e. The molecule has 4 nitrogen and oxygen atoms in total. The van der Waals surface area contributed by atoms with E-state index >= 15 is 0 Å². The summed E-state index contributed by atoms with van der Waals surface area (Å²) in [6, 6.07) is 7.09. The molecule has 0 saturated carbocycles. The van der Waals surface area contributed by atoms with Crippen molar-refractivity contribution in [1.82, 2.24) is 4.98 Å². The van der Waals surface area contributed by atoms with E-state index in [2.05, 4.69) is 15.6 Å². The molecule has 130 valence electrons. The minimum absolute atomic E-state index is 0.0181. The monoisotopic (exact) mass is 405 g/mol. The van der Waals surface area contributed by atoms with Crippen molar-refractivity contribution < 1.29 is 18.0 Å². The summed E-state index contributed by atoms with van der Waals surface area (Å²) in [5.74, 6) is 0. The van der Waals surface area contributed by atoms with Gasteiger partial charge in [-0.3, -0.25) is 5.32 Å². The molecule has 25 heavy (non-hydrogen) atoms. The van der Waals surface area contributed by atoms with Gasteiger partial charge in [-0.25, -0.2) is 9.78 Å².